The number of aromatic nitrogens is 2. The number of nitrogens with zero attached hydrogens (tertiary/aromatic N) is 2. The van der Waals surface area contributed by atoms with E-state index in [1.165, 1.54) is 23.7 Å². The van der Waals surface area contributed by atoms with Crippen LogP contribution < -0.4 is 5.32 Å². The molecule has 2 aromatic rings. The molecule has 3 rings (SSSR count). The molecule has 0 radical (unpaired) electrons. The van der Waals surface area contributed by atoms with E-state index < -0.39 is 0 Å². The molecule has 0 spiro atoms. The third kappa shape index (κ3) is 2.48. The summed E-state index contributed by atoms with van der Waals surface area (Å²) < 4.78 is 15.3. The van der Waals surface area contributed by atoms with Gasteiger partial charge in [-0.05, 0) is 43.9 Å². The lowest BCUT2D eigenvalue weighted by atomic mass is 9.92. The molecule has 1 N–H and O–H groups in total. The number of aryl methyl sites for hydroxylation is 1. The summed E-state index contributed by atoms with van der Waals surface area (Å²) in [6.07, 6.45) is 5.33. The minimum Gasteiger partial charge on any atom is -0.303 e. The lowest BCUT2D eigenvalue weighted by Gasteiger charge is -2.27. The van der Waals surface area contributed by atoms with Gasteiger partial charge in [0.1, 0.15) is 5.82 Å². The number of fused-ring (bicyclic) bond motifs is 1. The van der Waals surface area contributed by atoms with Gasteiger partial charge in [0, 0.05) is 30.4 Å². The zero-order chi connectivity index (χ0) is 14.1. The van der Waals surface area contributed by atoms with Gasteiger partial charge in [0.2, 0.25) is 0 Å². The van der Waals surface area contributed by atoms with Crippen LogP contribution in [0.15, 0.2) is 30.5 Å². The lowest BCUT2D eigenvalue weighted by Crippen LogP contribution is -2.27. The number of hydrogen-bond acceptors (Lipinski definition) is 2. The largest absolute Gasteiger partial charge is 0.303 e. The van der Waals surface area contributed by atoms with E-state index in [-0.39, 0.29) is 11.9 Å². The Morgan fingerprint density at radius 3 is 3.10 bits per heavy atom. The molecule has 1 aromatic heterocycles. The van der Waals surface area contributed by atoms with Crippen molar-refractivity contribution >= 4 is 0 Å². The summed E-state index contributed by atoms with van der Waals surface area (Å²) in [5.41, 5.74) is 3.60. The van der Waals surface area contributed by atoms with Crippen LogP contribution in [0.2, 0.25) is 0 Å². The molecule has 0 fully saturated rings. The Kier molecular flexibility index (Phi) is 3.57. The van der Waals surface area contributed by atoms with Gasteiger partial charge >= 0.3 is 0 Å². The van der Waals surface area contributed by atoms with E-state index in [1.54, 1.807) is 12.1 Å². The van der Waals surface area contributed by atoms with Crippen LogP contribution in [0.1, 0.15) is 48.7 Å². The van der Waals surface area contributed by atoms with E-state index in [0.29, 0.717) is 6.04 Å². The minimum atomic E-state index is -0.179. The van der Waals surface area contributed by atoms with Crippen LogP contribution >= 0.6 is 0 Å². The van der Waals surface area contributed by atoms with Crippen molar-refractivity contribution in [1.29, 1.82) is 0 Å². The van der Waals surface area contributed by atoms with Crippen molar-refractivity contribution in [3.05, 3.63) is 53.1 Å². The van der Waals surface area contributed by atoms with Crippen molar-refractivity contribution in [3.63, 3.8) is 0 Å². The number of hydrogen-bond donors (Lipinski definition) is 1. The second kappa shape index (κ2) is 5.37. The smallest absolute Gasteiger partial charge is 0.123 e. The fourth-order valence-corrected chi connectivity index (χ4v) is 3.05. The molecule has 0 aliphatic heterocycles. The molecule has 3 nitrogen and oxygen atoms in total. The first-order valence-electron chi connectivity index (χ1n) is 7.17. The van der Waals surface area contributed by atoms with Crippen LogP contribution in [-0.2, 0) is 13.5 Å². The van der Waals surface area contributed by atoms with E-state index in [1.807, 2.05) is 24.0 Å². The SMILES string of the molecule is CC(NC1CCCc2c1cnn2C)c1cccc(F)c1. The minimum absolute atomic E-state index is 0.127. The highest BCUT2D eigenvalue weighted by molar-refractivity contribution is 5.26. The second-order valence-corrected chi connectivity index (χ2v) is 5.56. The zero-order valence-electron chi connectivity index (χ0n) is 11.9. The summed E-state index contributed by atoms with van der Waals surface area (Å²) in [4.78, 5) is 0. The number of benzene rings is 1. The molecule has 1 heterocycles. The highest BCUT2D eigenvalue weighted by atomic mass is 19.1. The van der Waals surface area contributed by atoms with E-state index in [2.05, 4.69) is 17.3 Å². The Morgan fingerprint density at radius 2 is 2.30 bits per heavy atom. The molecule has 2 unspecified atom stereocenters. The molecule has 106 valence electrons. The van der Waals surface area contributed by atoms with E-state index in [9.17, 15) is 4.39 Å². The Labute approximate surface area is 118 Å². The average Bonchev–Trinajstić information content (AvgIpc) is 2.82. The zero-order valence-corrected chi connectivity index (χ0v) is 11.9. The normalized spacial score (nSPS) is 19.6. The first-order chi connectivity index (χ1) is 9.65. The molecule has 0 bridgehead atoms. The Bertz CT molecular complexity index is 606. The molecule has 1 aliphatic rings. The Morgan fingerprint density at radius 1 is 1.45 bits per heavy atom. The van der Waals surface area contributed by atoms with Crippen molar-refractivity contribution in [2.45, 2.75) is 38.3 Å². The molecule has 1 aromatic carbocycles. The van der Waals surface area contributed by atoms with Crippen LogP contribution in [0.5, 0.6) is 0 Å². The first-order valence-corrected chi connectivity index (χ1v) is 7.17. The number of halogens is 1. The predicted molar refractivity (Wildman–Crippen MR) is 76.8 cm³/mol. The van der Waals surface area contributed by atoms with E-state index >= 15 is 0 Å². The van der Waals surface area contributed by atoms with Crippen molar-refractivity contribution in [2.75, 3.05) is 0 Å². The van der Waals surface area contributed by atoms with Crippen LogP contribution in [0, 0.1) is 5.82 Å². The molecule has 0 saturated heterocycles. The predicted octanol–water partition coefficient (Wildman–Crippen LogP) is 3.29. The summed E-state index contributed by atoms with van der Waals surface area (Å²) in [6, 6.07) is 7.25. The second-order valence-electron chi connectivity index (χ2n) is 5.56. The number of nitrogens with one attached hydrogen (secondary N) is 1. The molecule has 0 amide bonds. The maximum absolute atomic E-state index is 13.3. The maximum Gasteiger partial charge on any atom is 0.123 e. The monoisotopic (exact) mass is 273 g/mol. The number of rotatable bonds is 3. The van der Waals surface area contributed by atoms with Crippen LogP contribution in [0.4, 0.5) is 4.39 Å². The van der Waals surface area contributed by atoms with Gasteiger partial charge in [-0.25, -0.2) is 4.39 Å². The Hall–Kier alpha value is -1.68. The van der Waals surface area contributed by atoms with Gasteiger partial charge in [-0.2, -0.15) is 5.10 Å². The van der Waals surface area contributed by atoms with Crippen molar-refractivity contribution in [3.8, 4) is 0 Å². The standard InChI is InChI=1S/C16H20FN3/c1-11(12-5-3-6-13(17)9-12)19-15-7-4-8-16-14(15)10-18-20(16)2/h3,5-6,9-11,15,19H,4,7-8H2,1-2H3. The highest BCUT2D eigenvalue weighted by Crippen LogP contribution is 2.31. The van der Waals surface area contributed by atoms with Gasteiger partial charge < -0.3 is 5.32 Å². The van der Waals surface area contributed by atoms with Crippen LogP contribution in [0.3, 0.4) is 0 Å². The highest BCUT2D eigenvalue weighted by Gasteiger charge is 2.24. The quantitative estimate of drug-likeness (QED) is 0.930. The lowest BCUT2D eigenvalue weighted by molar-refractivity contribution is 0.410. The molecular formula is C16H20FN3. The summed E-state index contributed by atoms with van der Waals surface area (Å²) in [6.45, 7) is 2.08. The molecular weight excluding hydrogens is 253 g/mol. The molecule has 2 atom stereocenters. The van der Waals surface area contributed by atoms with Crippen LogP contribution in [0.25, 0.3) is 0 Å². The topological polar surface area (TPSA) is 29.9 Å². The summed E-state index contributed by atoms with van der Waals surface area (Å²) in [5.74, 6) is -0.179. The fraction of sp³-hybridized carbons (Fsp3) is 0.438. The van der Waals surface area contributed by atoms with Gasteiger partial charge in [-0.1, -0.05) is 12.1 Å². The van der Waals surface area contributed by atoms with E-state index in [0.717, 1.165) is 18.4 Å². The van der Waals surface area contributed by atoms with Crippen molar-refractivity contribution in [1.82, 2.24) is 15.1 Å². The van der Waals surface area contributed by atoms with Gasteiger partial charge in [0.05, 0.1) is 6.20 Å². The molecule has 4 heteroatoms. The molecule has 20 heavy (non-hydrogen) atoms. The fourth-order valence-electron chi connectivity index (χ4n) is 3.05. The van der Waals surface area contributed by atoms with Gasteiger partial charge in [-0.3, -0.25) is 4.68 Å². The summed E-state index contributed by atoms with van der Waals surface area (Å²) >= 11 is 0. The van der Waals surface area contributed by atoms with Crippen molar-refractivity contribution < 1.29 is 4.39 Å². The van der Waals surface area contributed by atoms with Crippen LogP contribution in [-0.4, -0.2) is 9.78 Å². The first kappa shape index (κ1) is 13.3. The molecule has 0 saturated carbocycles. The Balaban J connectivity index is 1.78. The summed E-state index contributed by atoms with van der Waals surface area (Å²) in [7, 11) is 2.00. The van der Waals surface area contributed by atoms with Gasteiger partial charge in [-0.15, -0.1) is 0 Å². The summed E-state index contributed by atoms with van der Waals surface area (Å²) in [5, 5.41) is 7.97. The van der Waals surface area contributed by atoms with Gasteiger partial charge in [0.25, 0.3) is 0 Å². The third-order valence-corrected chi connectivity index (χ3v) is 4.18. The van der Waals surface area contributed by atoms with Crippen molar-refractivity contribution in [2.24, 2.45) is 7.05 Å². The van der Waals surface area contributed by atoms with E-state index in [4.69, 9.17) is 0 Å². The third-order valence-electron chi connectivity index (χ3n) is 4.18. The van der Waals surface area contributed by atoms with Gasteiger partial charge in [0.15, 0.2) is 0 Å². The average molecular weight is 273 g/mol. The molecule has 1 aliphatic carbocycles. The maximum atomic E-state index is 13.3.